The van der Waals surface area contributed by atoms with Crippen LogP contribution in [-0.2, 0) is 11.2 Å². The summed E-state index contributed by atoms with van der Waals surface area (Å²) in [7, 11) is 0. The van der Waals surface area contributed by atoms with Crippen molar-refractivity contribution in [1.29, 1.82) is 0 Å². The van der Waals surface area contributed by atoms with Crippen molar-refractivity contribution >= 4 is 5.91 Å². The molecule has 0 aliphatic rings. The lowest BCUT2D eigenvalue weighted by Gasteiger charge is -2.15. The van der Waals surface area contributed by atoms with E-state index in [9.17, 15) is 13.6 Å². The van der Waals surface area contributed by atoms with E-state index in [1.165, 1.54) is 12.1 Å². The fourth-order valence-electron chi connectivity index (χ4n) is 2.26. The summed E-state index contributed by atoms with van der Waals surface area (Å²) < 4.78 is 28.8. The molecule has 2 aromatic rings. The van der Waals surface area contributed by atoms with Gasteiger partial charge in [-0.3, -0.25) is 4.79 Å². The monoisotopic (exact) mass is 319 g/mol. The van der Waals surface area contributed by atoms with Gasteiger partial charge in [0.2, 0.25) is 5.91 Å². The minimum atomic E-state index is -2.86. The summed E-state index contributed by atoms with van der Waals surface area (Å²) in [6.07, 6.45) is 1.04. The summed E-state index contributed by atoms with van der Waals surface area (Å²) in [5.41, 5.74) is 1.82. The number of amides is 1. The van der Waals surface area contributed by atoms with Gasteiger partial charge in [-0.2, -0.15) is 8.78 Å². The van der Waals surface area contributed by atoms with Crippen molar-refractivity contribution in [2.45, 2.75) is 32.4 Å². The molecule has 0 spiro atoms. The molecule has 0 unspecified atom stereocenters. The van der Waals surface area contributed by atoms with Crippen molar-refractivity contribution in [3.63, 3.8) is 0 Å². The predicted octanol–water partition coefficient (Wildman–Crippen LogP) is 4.10. The van der Waals surface area contributed by atoms with Crippen LogP contribution in [0.25, 0.3) is 0 Å². The lowest BCUT2D eigenvalue weighted by molar-refractivity contribution is -0.121. The number of nitrogens with one attached hydrogen (secondary N) is 1. The van der Waals surface area contributed by atoms with Crippen LogP contribution < -0.4 is 10.1 Å². The second-order valence-corrected chi connectivity index (χ2v) is 5.23. The highest BCUT2D eigenvalue weighted by Crippen LogP contribution is 2.20. The first-order valence-electron chi connectivity index (χ1n) is 7.42. The Morgan fingerprint density at radius 2 is 1.87 bits per heavy atom. The van der Waals surface area contributed by atoms with Gasteiger partial charge < -0.3 is 10.1 Å². The van der Waals surface area contributed by atoms with Gasteiger partial charge in [-0.15, -0.1) is 0 Å². The first-order chi connectivity index (χ1) is 11.0. The number of carbonyl (C=O) groups excluding carboxylic acids is 1. The van der Waals surface area contributed by atoms with Gasteiger partial charge in [0.05, 0.1) is 6.04 Å². The first-order valence-corrected chi connectivity index (χ1v) is 7.42. The number of halogens is 2. The number of rotatable bonds is 7. The molecule has 2 aromatic carbocycles. The van der Waals surface area contributed by atoms with Gasteiger partial charge in [0.25, 0.3) is 0 Å². The third-order valence-corrected chi connectivity index (χ3v) is 3.44. The van der Waals surface area contributed by atoms with Crippen molar-refractivity contribution in [2.24, 2.45) is 0 Å². The van der Waals surface area contributed by atoms with Crippen molar-refractivity contribution < 1.29 is 18.3 Å². The summed E-state index contributed by atoms with van der Waals surface area (Å²) in [5.74, 6) is 0.00409. The maximum atomic E-state index is 12.2. The van der Waals surface area contributed by atoms with Gasteiger partial charge in [-0.25, -0.2) is 0 Å². The molecule has 0 aliphatic carbocycles. The number of alkyl halides is 2. The molecular weight excluding hydrogens is 300 g/mol. The van der Waals surface area contributed by atoms with E-state index in [1.807, 2.05) is 37.3 Å². The number of ether oxygens (including phenoxy) is 1. The molecule has 122 valence electrons. The smallest absolute Gasteiger partial charge is 0.387 e. The summed E-state index contributed by atoms with van der Waals surface area (Å²) in [6, 6.07) is 15.8. The lowest BCUT2D eigenvalue weighted by Crippen LogP contribution is -2.26. The fourth-order valence-corrected chi connectivity index (χ4v) is 2.26. The van der Waals surface area contributed by atoms with Crippen LogP contribution in [0.2, 0.25) is 0 Å². The van der Waals surface area contributed by atoms with Crippen molar-refractivity contribution in [1.82, 2.24) is 5.32 Å². The number of aryl methyl sites for hydroxylation is 1. The molecule has 3 nitrogen and oxygen atoms in total. The van der Waals surface area contributed by atoms with Crippen LogP contribution in [0.5, 0.6) is 5.75 Å². The molecule has 23 heavy (non-hydrogen) atoms. The molecule has 1 N–H and O–H groups in total. The van der Waals surface area contributed by atoms with E-state index in [1.54, 1.807) is 12.1 Å². The number of hydrogen-bond acceptors (Lipinski definition) is 2. The van der Waals surface area contributed by atoms with E-state index in [-0.39, 0.29) is 17.7 Å². The first kappa shape index (κ1) is 16.9. The molecule has 0 saturated carbocycles. The molecule has 0 aromatic heterocycles. The molecule has 1 amide bonds. The van der Waals surface area contributed by atoms with Crippen molar-refractivity contribution in [3.8, 4) is 5.75 Å². The highest BCUT2D eigenvalue weighted by atomic mass is 19.3. The van der Waals surface area contributed by atoms with Crippen LogP contribution in [0.15, 0.2) is 54.6 Å². The maximum Gasteiger partial charge on any atom is 0.387 e. The zero-order chi connectivity index (χ0) is 16.7. The van der Waals surface area contributed by atoms with E-state index >= 15 is 0 Å². The third kappa shape index (κ3) is 5.70. The summed E-state index contributed by atoms with van der Waals surface area (Å²) >= 11 is 0. The van der Waals surface area contributed by atoms with Gasteiger partial charge >= 0.3 is 6.61 Å². The van der Waals surface area contributed by atoms with Crippen LogP contribution in [0.1, 0.15) is 30.5 Å². The van der Waals surface area contributed by atoms with Crippen LogP contribution >= 0.6 is 0 Å². The van der Waals surface area contributed by atoms with Crippen molar-refractivity contribution in [2.75, 3.05) is 0 Å². The minimum absolute atomic E-state index is 0.0819. The Kier molecular flexibility index (Phi) is 6.09. The minimum Gasteiger partial charge on any atom is -0.435 e. The molecule has 1 atom stereocenters. The quantitative estimate of drug-likeness (QED) is 0.834. The summed E-state index contributed by atoms with van der Waals surface area (Å²) in [6.45, 7) is -1.05. The van der Waals surface area contributed by atoms with Gasteiger partial charge in [0.15, 0.2) is 0 Å². The van der Waals surface area contributed by atoms with Crippen LogP contribution in [0, 0.1) is 0 Å². The van der Waals surface area contributed by atoms with Crippen LogP contribution in [0.4, 0.5) is 8.78 Å². The summed E-state index contributed by atoms with van der Waals surface area (Å²) in [4.78, 5) is 12.0. The Morgan fingerprint density at radius 3 is 2.57 bits per heavy atom. The molecule has 0 saturated heterocycles. The largest absolute Gasteiger partial charge is 0.435 e. The van der Waals surface area contributed by atoms with Gasteiger partial charge in [-0.1, -0.05) is 42.5 Å². The predicted molar refractivity (Wildman–Crippen MR) is 84.4 cm³/mol. The van der Waals surface area contributed by atoms with Gasteiger partial charge in [0.1, 0.15) is 5.75 Å². The van der Waals surface area contributed by atoms with Crippen LogP contribution in [-0.4, -0.2) is 12.5 Å². The topological polar surface area (TPSA) is 38.3 Å². The Morgan fingerprint density at radius 1 is 1.13 bits per heavy atom. The molecule has 0 fully saturated rings. The zero-order valence-electron chi connectivity index (χ0n) is 12.8. The Hall–Kier alpha value is -2.43. The third-order valence-electron chi connectivity index (χ3n) is 3.44. The normalized spacial score (nSPS) is 12.0. The highest BCUT2D eigenvalue weighted by molar-refractivity contribution is 5.76. The Balaban J connectivity index is 1.88. The molecule has 5 heteroatoms. The van der Waals surface area contributed by atoms with E-state index in [0.29, 0.717) is 12.8 Å². The molecule has 2 rings (SSSR count). The fraction of sp³-hybridized carbons (Fsp3) is 0.278. The number of benzene rings is 2. The van der Waals surface area contributed by atoms with E-state index in [2.05, 4.69) is 10.1 Å². The van der Waals surface area contributed by atoms with E-state index in [0.717, 1.165) is 11.1 Å². The molecule has 0 aliphatic heterocycles. The number of carbonyl (C=O) groups is 1. The molecule has 0 heterocycles. The Labute approximate surface area is 134 Å². The molecule has 0 bridgehead atoms. The zero-order valence-corrected chi connectivity index (χ0v) is 12.8. The second-order valence-electron chi connectivity index (χ2n) is 5.23. The van der Waals surface area contributed by atoms with Crippen molar-refractivity contribution in [3.05, 3.63) is 65.7 Å². The molecule has 0 radical (unpaired) electrons. The van der Waals surface area contributed by atoms with Crippen LogP contribution in [0.3, 0.4) is 0 Å². The van der Waals surface area contributed by atoms with Gasteiger partial charge in [-0.05, 0) is 36.6 Å². The highest BCUT2D eigenvalue weighted by Gasteiger charge is 2.11. The van der Waals surface area contributed by atoms with Gasteiger partial charge in [0, 0.05) is 6.42 Å². The average Bonchev–Trinajstić information content (AvgIpc) is 2.53. The SMILES string of the molecule is C[C@H](NC(=O)CCc1ccccc1)c1cccc(OC(F)F)c1. The second kappa shape index (κ2) is 8.27. The molecular formula is C18H19F2NO2. The maximum absolute atomic E-state index is 12.2. The summed E-state index contributed by atoms with van der Waals surface area (Å²) in [5, 5.41) is 2.86. The standard InChI is InChI=1S/C18H19F2NO2/c1-13(15-8-5-9-16(12-15)23-18(19)20)21-17(22)11-10-14-6-3-2-4-7-14/h2-9,12-13,18H,10-11H2,1H3,(H,21,22)/t13-/m0/s1. The van der Waals surface area contributed by atoms with E-state index < -0.39 is 6.61 Å². The average molecular weight is 319 g/mol. The lowest BCUT2D eigenvalue weighted by atomic mass is 10.1. The number of hydrogen-bond donors (Lipinski definition) is 1. The van der Waals surface area contributed by atoms with E-state index in [4.69, 9.17) is 0 Å². The Bertz CT molecular complexity index is 632.